The predicted octanol–water partition coefficient (Wildman–Crippen LogP) is 0.0117. The molecule has 2 heterocycles. The summed E-state index contributed by atoms with van der Waals surface area (Å²) in [6.07, 6.45) is 2.80. The van der Waals surface area contributed by atoms with Gasteiger partial charge in [-0.25, -0.2) is 0 Å². The molecule has 0 aromatic rings. The first kappa shape index (κ1) is 12.0. The first-order valence-electron chi connectivity index (χ1n) is 6.05. The van der Waals surface area contributed by atoms with Crippen LogP contribution in [-0.4, -0.2) is 40.3 Å². The molecule has 2 rings (SSSR count). The van der Waals surface area contributed by atoms with Gasteiger partial charge in [-0.1, -0.05) is 6.92 Å². The minimum Gasteiger partial charge on any atom is -0.352 e. The molecular weight excluding hydrogens is 224 g/mol. The molecule has 2 aliphatic rings. The highest BCUT2D eigenvalue weighted by molar-refractivity contribution is 7.85. The van der Waals surface area contributed by atoms with Gasteiger partial charge in [0.2, 0.25) is 5.91 Å². The summed E-state index contributed by atoms with van der Waals surface area (Å²) < 4.78 is 11.2. The van der Waals surface area contributed by atoms with E-state index in [0.29, 0.717) is 5.92 Å². The van der Waals surface area contributed by atoms with Gasteiger partial charge in [-0.3, -0.25) is 9.00 Å². The van der Waals surface area contributed by atoms with Gasteiger partial charge in [-0.2, -0.15) is 0 Å². The molecule has 16 heavy (non-hydrogen) atoms. The van der Waals surface area contributed by atoms with Gasteiger partial charge in [0.15, 0.2) is 0 Å². The molecule has 1 amide bonds. The maximum absolute atomic E-state index is 12.0. The fourth-order valence-corrected chi connectivity index (χ4v) is 3.71. The molecule has 2 saturated heterocycles. The Hall–Kier alpha value is -0.420. The van der Waals surface area contributed by atoms with Gasteiger partial charge in [0.05, 0.1) is 6.04 Å². The lowest BCUT2D eigenvalue weighted by Gasteiger charge is -2.25. The zero-order valence-corrected chi connectivity index (χ0v) is 10.5. The quantitative estimate of drug-likeness (QED) is 0.719. The number of carbonyl (C=O) groups excluding carboxylic acids is 1. The third kappa shape index (κ3) is 2.83. The molecule has 2 unspecified atom stereocenters. The summed E-state index contributed by atoms with van der Waals surface area (Å²) in [5, 5.41) is 6.31. The van der Waals surface area contributed by atoms with Crippen molar-refractivity contribution in [2.45, 2.75) is 38.3 Å². The Bertz CT molecular complexity index is 286. The zero-order chi connectivity index (χ0) is 11.5. The summed E-state index contributed by atoms with van der Waals surface area (Å²) in [5.74, 6) is 2.03. The summed E-state index contributed by atoms with van der Waals surface area (Å²) in [5.41, 5.74) is 0. The van der Waals surface area contributed by atoms with E-state index in [9.17, 15) is 9.00 Å². The lowest BCUT2D eigenvalue weighted by atomic mass is 10.0. The molecule has 2 atom stereocenters. The molecule has 2 fully saturated rings. The van der Waals surface area contributed by atoms with Crippen molar-refractivity contribution < 1.29 is 9.00 Å². The summed E-state index contributed by atoms with van der Waals surface area (Å²) >= 11 is 0. The van der Waals surface area contributed by atoms with Gasteiger partial charge in [0.1, 0.15) is 0 Å². The average Bonchev–Trinajstić information content (AvgIpc) is 2.68. The molecule has 4 nitrogen and oxygen atoms in total. The van der Waals surface area contributed by atoms with E-state index in [4.69, 9.17) is 0 Å². The van der Waals surface area contributed by atoms with Crippen LogP contribution in [0.15, 0.2) is 0 Å². The highest BCUT2D eigenvalue weighted by Gasteiger charge is 2.31. The molecule has 0 aliphatic carbocycles. The van der Waals surface area contributed by atoms with E-state index < -0.39 is 10.8 Å². The Morgan fingerprint density at radius 3 is 2.56 bits per heavy atom. The van der Waals surface area contributed by atoms with E-state index in [-0.39, 0.29) is 18.0 Å². The van der Waals surface area contributed by atoms with Crippen LogP contribution in [-0.2, 0) is 15.6 Å². The summed E-state index contributed by atoms with van der Waals surface area (Å²) in [4.78, 5) is 12.0. The van der Waals surface area contributed by atoms with Gasteiger partial charge >= 0.3 is 0 Å². The smallest absolute Gasteiger partial charge is 0.237 e. The van der Waals surface area contributed by atoms with Crippen LogP contribution in [0.2, 0.25) is 0 Å². The number of nitrogens with one attached hydrogen (secondary N) is 2. The van der Waals surface area contributed by atoms with Crippen LogP contribution in [0.4, 0.5) is 0 Å². The SMILES string of the molecule is CC1CCNC1C(=O)NC1CCS(=O)CC1. The maximum Gasteiger partial charge on any atom is 0.237 e. The second-order valence-electron chi connectivity index (χ2n) is 4.83. The Morgan fingerprint density at radius 1 is 1.31 bits per heavy atom. The van der Waals surface area contributed by atoms with Crippen molar-refractivity contribution in [3.8, 4) is 0 Å². The molecule has 0 saturated carbocycles. The summed E-state index contributed by atoms with van der Waals surface area (Å²) in [6, 6.07) is 0.215. The fraction of sp³-hybridized carbons (Fsp3) is 0.909. The van der Waals surface area contributed by atoms with E-state index in [1.807, 2.05) is 0 Å². The molecular formula is C11H20N2O2S. The Morgan fingerprint density at radius 2 is 2.00 bits per heavy atom. The standard InChI is InChI=1S/C11H20N2O2S/c1-8-2-5-12-10(8)11(14)13-9-3-6-16(15)7-4-9/h8-10,12H,2-7H2,1H3,(H,13,14). The molecule has 0 spiro atoms. The minimum atomic E-state index is -0.652. The van der Waals surface area contributed by atoms with Gasteiger partial charge in [0.25, 0.3) is 0 Å². The first-order chi connectivity index (χ1) is 7.66. The molecule has 0 aromatic heterocycles. The zero-order valence-electron chi connectivity index (χ0n) is 9.70. The van der Waals surface area contributed by atoms with Crippen LogP contribution in [0.3, 0.4) is 0 Å². The van der Waals surface area contributed by atoms with Crippen LogP contribution in [0, 0.1) is 5.92 Å². The molecule has 92 valence electrons. The largest absolute Gasteiger partial charge is 0.352 e. The molecule has 2 aliphatic heterocycles. The maximum atomic E-state index is 12.0. The first-order valence-corrected chi connectivity index (χ1v) is 7.54. The van der Waals surface area contributed by atoms with Crippen molar-refractivity contribution in [1.29, 1.82) is 0 Å². The Balaban J connectivity index is 1.80. The second kappa shape index (κ2) is 5.27. The normalized spacial score (nSPS) is 39.6. The van der Waals surface area contributed by atoms with Crippen molar-refractivity contribution in [2.24, 2.45) is 5.92 Å². The molecule has 2 N–H and O–H groups in total. The number of hydrogen-bond acceptors (Lipinski definition) is 3. The van der Waals surface area contributed by atoms with E-state index in [2.05, 4.69) is 17.6 Å². The van der Waals surface area contributed by atoms with Crippen molar-refractivity contribution >= 4 is 16.7 Å². The number of amides is 1. The van der Waals surface area contributed by atoms with Crippen molar-refractivity contribution in [1.82, 2.24) is 10.6 Å². The summed E-state index contributed by atoms with van der Waals surface area (Å²) in [7, 11) is -0.652. The third-order valence-electron chi connectivity index (χ3n) is 3.55. The molecule has 0 bridgehead atoms. The second-order valence-corrected chi connectivity index (χ2v) is 6.52. The van der Waals surface area contributed by atoms with Gasteiger partial charge in [-0.15, -0.1) is 0 Å². The van der Waals surface area contributed by atoms with Crippen LogP contribution in [0.1, 0.15) is 26.2 Å². The average molecular weight is 244 g/mol. The van der Waals surface area contributed by atoms with Gasteiger partial charge < -0.3 is 10.6 Å². The molecule has 5 heteroatoms. The van der Waals surface area contributed by atoms with Crippen molar-refractivity contribution in [3.63, 3.8) is 0 Å². The van der Waals surface area contributed by atoms with E-state index in [0.717, 1.165) is 37.3 Å². The molecule has 0 radical (unpaired) electrons. The van der Waals surface area contributed by atoms with Crippen LogP contribution < -0.4 is 10.6 Å². The summed E-state index contributed by atoms with van der Waals surface area (Å²) in [6.45, 7) is 3.05. The number of hydrogen-bond donors (Lipinski definition) is 2. The lowest BCUT2D eigenvalue weighted by Crippen LogP contribution is -2.48. The highest BCUT2D eigenvalue weighted by atomic mass is 32.2. The van der Waals surface area contributed by atoms with Gasteiger partial charge in [-0.05, 0) is 31.7 Å². The Kier molecular flexibility index (Phi) is 3.97. The molecule has 0 aromatic carbocycles. The topological polar surface area (TPSA) is 58.2 Å². The van der Waals surface area contributed by atoms with Crippen LogP contribution in [0.25, 0.3) is 0 Å². The number of carbonyl (C=O) groups is 1. The van der Waals surface area contributed by atoms with Crippen molar-refractivity contribution in [3.05, 3.63) is 0 Å². The predicted molar refractivity (Wildman–Crippen MR) is 64.6 cm³/mol. The third-order valence-corrected chi connectivity index (χ3v) is 4.93. The monoisotopic (exact) mass is 244 g/mol. The van der Waals surface area contributed by atoms with Gasteiger partial charge in [0, 0.05) is 28.3 Å². The number of rotatable bonds is 2. The van der Waals surface area contributed by atoms with Crippen LogP contribution >= 0.6 is 0 Å². The van der Waals surface area contributed by atoms with Crippen LogP contribution in [0.5, 0.6) is 0 Å². The minimum absolute atomic E-state index is 0.0209. The van der Waals surface area contributed by atoms with Crippen molar-refractivity contribution in [2.75, 3.05) is 18.1 Å². The fourth-order valence-electron chi connectivity index (χ4n) is 2.41. The van der Waals surface area contributed by atoms with E-state index in [1.54, 1.807) is 0 Å². The lowest BCUT2D eigenvalue weighted by molar-refractivity contribution is -0.124. The highest BCUT2D eigenvalue weighted by Crippen LogP contribution is 2.16. The van der Waals surface area contributed by atoms with E-state index in [1.165, 1.54) is 0 Å². The Labute approximate surface area is 99.0 Å². The van der Waals surface area contributed by atoms with E-state index >= 15 is 0 Å².